The molecule has 0 heterocycles. The van der Waals surface area contributed by atoms with Crippen molar-refractivity contribution in [3.63, 3.8) is 0 Å². The zero-order chi connectivity index (χ0) is 15.6. The quantitative estimate of drug-likeness (QED) is 0.757. The van der Waals surface area contributed by atoms with E-state index in [4.69, 9.17) is 5.14 Å². The first-order chi connectivity index (χ1) is 9.77. The molecule has 0 amide bonds. The van der Waals surface area contributed by atoms with Crippen molar-refractivity contribution >= 4 is 15.7 Å². The summed E-state index contributed by atoms with van der Waals surface area (Å²) in [6.45, 7) is 3.81. The van der Waals surface area contributed by atoms with Crippen LogP contribution in [0, 0.1) is 6.92 Å². The third kappa shape index (κ3) is 3.74. The van der Waals surface area contributed by atoms with Crippen molar-refractivity contribution in [3.05, 3.63) is 53.6 Å². The van der Waals surface area contributed by atoms with Crippen LogP contribution in [0.3, 0.4) is 0 Å². The molecule has 4 N–H and O–H groups in total. The number of rotatable bonds is 4. The summed E-state index contributed by atoms with van der Waals surface area (Å²) in [6.07, 6.45) is 0. The van der Waals surface area contributed by atoms with Crippen molar-refractivity contribution in [2.24, 2.45) is 5.14 Å². The molecule has 112 valence electrons. The second kappa shape index (κ2) is 5.75. The lowest BCUT2D eigenvalue weighted by atomic mass is 10.1. The van der Waals surface area contributed by atoms with Gasteiger partial charge >= 0.3 is 0 Å². The second-order valence-electron chi connectivity index (χ2n) is 4.98. The Balaban J connectivity index is 2.26. The number of benzene rings is 2. The van der Waals surface area contributed by atoms with Crippen LogP contribution in [0.15, 0.2) is 47.4 Å². The van der Waals surface area contributed by atoms with E-state index in [-0.39, 0.29) is 16.7 Å². The number of aryl methyl sites for hydroxylation is 1. The summed E-state index contributed by atoms with van der Waals surface area (Å²) in [5.41, 5.74) is 2.60. The van der Waals surface area contributed by atoms with Crippen LogP contribution < -0.4 is 10.5 Å². The third-order valence-electron chi connectivity index (χ3n) is 3.27. The van der Waals surface area contributed by atoms with Gasteiger partial charge in [0, 0.05) is 11.7 Å². The fourth-order valence-electron chi connectivity index (χ4n) is 2.09. The summed E-state index contributed by atoms with van der Waals surface area (Å²) in [5.74, 6) is 0.210. The first kappa shape index (κ1) is 15.3. The zero-order valence-corrected chi connectivity index (χ0v) is 12.7. The lowest BCUT2D eigenvalue weighted by molar-refractivity contribution is 0.475. The smallest absolute Gasteiger partial charge is 0.238 e. The molecule has 0 fully saturated rings. The number of sulfonamides is 1. The molecule has 21 heavy (non-hydrogen) atoms. The average molecular weight is 306 g/mol. The van der Waals surface area contributed by atoms with E-state index in [9.17, 15) is 13.5 Å². The van der Waals surface area contributed by atoms with Gasteiger partial charge in [-0.15, -0.1) is 0 Å². The van der Waals surface area contributed by atoms with Crippen molar-refractivity contribution in [1.82, 2.24) is 0 Å². The van der Waals surface area contributed by atoms with Crippen molar-refractivity contribution in [3.8, 4) is 5.75 Å². The van der Waals surface area contributed by atoms with Gasteiger partial charge in [-0.25, -0.2) is 13.6 Å². The predicted molar refractivity (Wildman–Crippen MR) is 82.7 cm³/mol. The Kier molecular flexibility index (Phi) is 4.20. The highest BCUT2D eigenvalue weighted by Gasteiger charge is 2.12. The fraction of sp³-hybridized carbons (Fsp3) is 0.200. The Morgan fingerprint density at radius 1 is 1.19 bits per heavy atom. The molecular weight excluding hydrogens is 288 g/mol. The van der Waals surface area contributed by atoms with Gasteiger partial charge < -0.3 is 10.4 Å². The van der Waals surface area contributed by atoms with Crippen LogP contribution in [0.25, 0.3) is 0 Å². The lowest BCUT2D eigenvalue weighted by Gasteiger charge is -2.18. The van der Waals surface area contributed by atoms with E-state index < -0.39 is 10.0 Å². The van der Waals surface area contributed by atoms with Crippen LogP contribution >= 0.6 is 0 Å². The van der Waals surface area contributed by atoms with Gasteiger partial charge in [0.1, 0.15) is 5.75 Å². The monoisotopic (exact) mass is 306 g/mol. The van der Waals surface area contributed by atoms with E-state index in [2.05, 4.69) is 5.32 Å². The predicted octanol–water partition coefficient (Wildman–Crippen LogP) is 2.52. The van der Waals surface area contributed by atoms with Crippen LogP contribution in [0.2, 0.25) is 0 Å². The number of hydrogen-bond donors (Lipinski definition) is 3. The zero-order valence-electron chi connectivity index (χ0n) is 11.9. The summed E-state index contributed by atoms with van der Waals surface area (Å²) >= 11 is 0. The molecule has 0 spiro atoms. The summed E-state index contributed by atoms with van der Waals surface area (Å²) in [7, 11) is -3.71. The van der Waals surface area contributed by atoms with E-state index in [1.807, 2.05) is 19.9 Å². The number of nitrogens with one attached hydrogen (secondary N) is 1. The summed E-state index contributed by atoms with van der Waals surface area (Å²) in [4.78, 5) is 0.0936. The van der Waals surface area contributed by atoms with Gasteiger partial charge in [0.25, 0.3) is 0 Å². The molecule has 0 aliphatic rings. The lowest BCUT2D eigenvalue weighted by Crippen LogP contribution is -2.14. The molecule has 0 aliphatic heterocycles. The molecule has 1 unspecified atom stereocenters. The van der Waals surface area contributed by atoms with Gasteiger partial charge in [-0.1, -0.05) is 12.1 Å². The van der Waals surface area contributed by atoms with E-state index >= 15 is 0 Å². The maximum atomic E-state index is 11.4. The number of anilines is 1. The van der Waals surface area contributed by atoms with Crippen LogP contribution in [0.1, 0.15) is 24.1 Å². The SMILES string of the molecule is Cc1cc(O)ccc1NC(C)c1cccc(S(N)(=O)=O)c1. The molecule has 2 rings (SSSR count). The highest BCUT2D eigenvalue weighted by molar-refractivity contribution is 7.89. The van der Waals surface area contributed by atoms with Gasteiger partial charge in [0.05, 0.1) is 4.90 Å². The Hall–Kier alpha value is -2.05. The van der Waals surface area contributed by atoms with Gasteiger partial charge in [-0.2, -0.15) is 0 Å². The van der Waals surface area contributed by atoms with Crippen molar-refractivity contribution in [2.45, 2.75) is 24.8 Å². The summed E-state index contributed by atoms with van der Waals surface area (Å²) in [6, 6.07) is 11.5. The number of nitrogens with two attached hydrogens (primary N) is 1. The average Bonchev–Trinajstić information content (AvgIpc) is 2.41. The van der Waals surface area contributed by atoms with Gasteiger partial charge in [-0.3, -0.25) is 0 Å². The minimum atomic E-state index is -3.71. The normalized spacial score (nSPS) is 12.9. The van der Waals surface area contributed by atoms with E-state index in [1.165, 1.54) is 6.07 Å². The molecule has 0 aliphatic carbocycles. The second-order valence-corrected chi connectivity index (χ2v) is 6.54. The minimum absolute atomic E-state index is 0.0936. The molecule has 0 bridgehead atoms. The van der Waals surface area contributed by atoms with Gasteiger partial charge in [0.2, 0.25) is 10.0 Å². The fourth-order valence-corrected chi connectivity index (χ4v) is 2.66. The molecule has 0 radical (unpaired) electrons. The number of aromatic hydroxyl groups is 1. The first-order valence-electron chi connectivity index (χ1n) is 6.46. The van der Waals surface area contributed by atoms with E-state index in [1.54, 1.807) is 30.3 Å². The molecular formula is C15H18N2O3S. The largest absolute Gasteiger partial charge is 0.508 e. The van der Waals surface area contributed by atoms with Crippen LogP contribution in [-0.4, -0.2) is 13.5 Å². The Labute approximate surface area is 124 Å². The molecule has 0 aromatic heterocycles. The maximum absolute atomic E-state index is 11.4. The Morgan fingerprint density at radius 2 is 1.90 bits per heavy atom. The minimum Gasteiger partial charge on any atom is -0.508 e. The summed E-state index contributed by atoms with van der Waals surface area (Å²) in [5, 5.41) is 17.8. The van der Waals surface area contributed by atoms with E-state index in [0.717, 1.165) is 16.8 Å². The van der Waals surface area contributed by atoms with Crippen molar-refractivity contribution in [1.29, 1.82) is 0 Å². The molecule has 5 nitrogen and oxygen atoms in total. The maximum Gasteiger partial charge on any atom is 0.238 e. The molecule has 2 aromatic rings. The highest BCUT2D eigenvalue weighted by Crippen LogP contribution is 2.25. The van der Waals surface area contributed by atoms with Crippen LogP contribution in [0.4, 0.5) is 5.69 Å². The molecule has 0 saturated carbocycles. The number of phenolic OH excluding ortho intramolecular Hbond substituents is 1. The number of hydrogen-bond acceptors (Lipinski definition) is 4. The van der Waals surface area contributed by atoms with Crippen LogP contribution in [-0.2, 0) is 10.0 Å². The standard InChI is InChI=1S/C15H18N2O3S/c1-10-8-13(18)6-7-15(10)17-11(2)12-4-3-5-14(9-12)21(16,19)20/h3-9,11,17-18H,1-2H3,(H2,16,19,20). The highest BCUT2D eigenvalue weighted by atomic mass is 32.2. The molecule has 0 saturated heterocycles. The molecule has 1 atom stereocenters. The van der Waals surface area contributed by atoms with E-state index in [0.29, 0.717) is 0 Å². The third-order valence-corrected chi connectivity index (χ3v) is 4.18. The van der Waals surface area contributed by atoms with Gasteiger partial charge in [-0.05, 0) is 55.3 Å². The van der Waals surface area contributed by atoms with Gasteiger partial charge in [0.15, 0.2) is 0 Å². The summed E-state index contributed by atoms with van der Waals surface area (Å²) < 4.78 is 22.8. The topological polar surface area (TPSA) is 92.4 Å². The van der Waals surface area contributed by atoms with Crippen LogP contribution in [0.5, 0.6) is 5.75 Å². The van der Waals surface area contributed by atoms with Crippen molar-refractivity contribution < 1.29 is 13.5 Å². The Bertz CT molecular complexity index is 757. The Morgan fingerprint density at radius 3 is 2.52 bits per heavy atom. The number of primary sulfonamides is 1. The first-order valence-corrected chi connectivity index (χ1v) is 8.01. The van der Waals surface area contributed by atoms with Crippen molar-refractivity contribution in [2.75, 3.05) is 5.32 Å². The molecule has 6 heteroatoms. The number of phenols is 1. The molecule has 2 aromatic carbocycles.